The summed E-state index contributed by atoms with van der Waals surface area (Å²) in [6.07, 6.45) is 0.576. The average molecular weight is 357 g/mol. The van der Waals surface area contributed by atoms with Crippen molar-refractivity contribution in [3.05, 3.63) is 0 Å². The lowest BCUT2D eigenvalue weighted by atomic mass is 9.72. The van der Waals surface area contributed by atoms with Crippen molar-refractivity contribution < 1.29 is 19.4 Å². The van der Waals surface area contributed by atoms with Gasteiger partial charge in [0.25, 0.3) is 0 Å². The molecule has 0 aromatic heterocycles. The largest absolute Gasteiger partial charge is 0.390 e. The number of carbonyl (C=O) groups is 2. The molecule has 6 nitrogen and oxygen atoms in total. The number of carbonyl (C=O) groups excluding carboxylic acids is 2. The molecule has 1 aliphatic heterocycles. The van der Waals surface area contributed by atoms with Gasteiger partial charge in [0.2, 0.25) is 11.8 Å². The minimum atomic E-state index is -0.903. The highest BCUT2D eigenvalue weighted by Crippen LogP contribution is 2.35. The van der Waals surface area contributed by atoms with Crippen molar-refractivity contribution in [2.45, 2.75) is 59.2 Å². The molecular formula is C19H36N2O4. The van der Waals surface area contributed by atoms with Crippen molar-refractivity contribution in [2.24, 2.45) is 23.7 Å². The Kier molecular flexibility index (Phi) is 7.88. The van der Waals surface area contributed by atoms with Crippen LogP contribution in [-0.2, 0) is 14.3 Å². The van der Waals surface area contributed by atoms with Crippen LogP contribution in [0.2, 0.25) is 0 Å². The van der Waals surface area contributed by atoms with Gasteiger partial charge >= 0.3 is 0 Å². The Morgan fingerprint density at radius 1 is 1.24 bits per heavy atom. The van der Waals surface area contributed by atoms with E-state index >= 15 is 0 Å². The Morgan fingerprint density at radius 3 is 2.40 bits per heavy atom. The Bertz CT molecular complexity index is 466. The lowest BCUT2D eigenvalue weighted by Crippen LogP contribution is -2.48. The molecule has 0 aliphatic carbocycles. The summed E-state index contributed by atoms with van der Waals surface area (Å²) < 4.78 is 5.63. The summed E-state index contributed by atoms with van der Waals surface area (Å²) in [5.41, 5.74) is -0.903. The van der Waals surface area contributed by atoms with Crippen LogP contribution >= 0.6 is 0 Å². The predicted octanol–water partition coefficient (Wildman–Crippen LogP) is 1.67. The fourth-order valence-corrected chi connectivity index (χ4v) is 4.04. The predicted molar refractivity (Wildman–Crippen MR) is 98.0 cm³/mol. The van der Waals surface area contributed by atoms with Crippen LogP contribution in [-0.4, -0.2) is 60.8 Å². The second-order valence-electron chi connectivity index (χ2n) is 8.12. The number of hydrogen-bond donors (Lipinski definition) is 2. The smallest absolute Gasteiger partial charge is 0.225 e. The average Bonchev–Trinajstić information content (AvgIpc) is 2.52. The zero-order valence-corrected chi connectivity index (χ0v) is 16.8. The Hall–Kier alpha value is -1.14. The van der Waals surface area contributed by atoms with Gasteiger partial charge in [-0.1, -0.05) is 27.7 Å². The van der Waals surface area contributed by atoms with E-state index in [2.05, 4.69) is 12.2 Å². The number of nitrogens with zero attached hydrogens (tertiary/aromatic N) is 1. The van der Waals surface area contributed by atoms with Crippen molar-refractivity contribution >= 4 is 11.8 Å². The van der Waals surface area contributed by atoms with E-state index in [0.29, 0.717) is 19.5 Å². The number of nitrogens with one attached hydrogen (secondary N) is 1. The molecule has 0 bridgehead atoms. The lowest BCUT2D eigenvalue weighted by molar-refractivity contribution is -0.135. The summed E-state index contributed by atoms with van der Waals surface area (Å²) in [6.45, 7) is 10.7. The molecule has 2 amide bonds. The monoisotopic (exact) mass is 356 g/mol. The molecule has 0 spiro atoms. The Morgan fingerprint density at radius 2 is 1.84 bits per heavy atom. The molecule has 0 saturated carbocycles. The first kappa shape index (κ1) is 21.9. The van der Waals surface area contributed by atoms with E-state index < -0.39 is 5.60 Å². The van der Waals surface area contributed by atoms with Gasteiger partial charge < -0.3 is 20.1 Å². The number of rotatable bonds is 1. The molecule has 25 heavy (non-hydrogen) atoms. The maximum Gasteiger partial charge on any atom is 0.225 e. The molecule has 0 radical (unpaired) electrons. The maximum atomic E-state index is 12.4. The number of aliphatic hydroxyl groups is 1. The number of amides is 2. The molecule has 1 aliphatic rings. The van der Waals surface area contributed by atoms with Crippen molar-refractivity contribution in [3.8, 4) is 0 Å². The quantitative estimate of drug-likeness (QED) is 0.749. The third kappa shape index (κ3) is 5.68. The van der Waals surface area contributed by atoms with E-state index in [4.69, 9.17) is 4.74 Å². The lowest BCUT2D eigenvalue weighted by Gasteiger charge is -2.41. The van der Waals surface area contributed by atoms with Gasteiger partial charge in [-0.15, -0.1) is 0 Å². The first-order valence-electron chi connectivity index (χ1n) is 9.28. The van der Waals surface area contributed by atoms with Gasteiger partial charge in [0.05, 0.1) is 17.6 Å². The topological polar surface area (TPSA) is 78.9 Å². The van der Waals surface area contributed by atoms with Crippen LogP contribution in [0.5, 0.6) is 0 Å². The molecule has 0 aromatic rings. The molecule has 6 atom stereocenters. The maximum absolute atomic E-state index is 12.4. The first-order valence-corrected chi connectivity index (χ1v) is 9.28. The second-order valence-corrected chi connectivity index (χ2v) is 8.12. The van der Waals surface area contributed by atoms with E-state index in [9.17, 15) is 14.7 Å². The number of hydrogen-bond acceptors (Lipinski definition) is 4. The highest BCUT2D eigenvalue weighted by molar-refractivity contribution is 5.80. The molecule has 0 aromatic carbocycles. The van der Waals surface area contributed by atoms with Gasteiger partial charge in [-0.3, -0.25) is 9.59 Å². The summed E-state index contributed by atoms with van der Waals surface area (Å²) in [4.78, 5) is 26.3. The number of methoxy groups -OCH3 is 1. The van der Waals surface area contributed by atoms with Crippen LogP contribution in [0.3, 0.4) is 0 Å². The molecular weight excluding hydrogens is 320 g/mol. The van der Waals surface area contributed by atoms with Crippen LogP contribution in [0.15, 0.2) is 0 Å². The van der Waals surface area contributed by atoms with Gasteiger partial charge in [0.15, 0.2) is 0 Å². The van der Waals surface area contributed by atoms with Gasteiger partial charge in [-0.05, 0) is 31.1 Å². The summed E-state index contributed by atoms with van der Waals surface area (Å²) >= 11 is 0. The summed E-state index contributed by atoms with van der Waals surface area (Å²) in [5.74, 6) is -0.344. The van der Waals surface area contributed by atoms with Gasteiger partial charge in [-0.2, -0.15) is 0 Å². The minimum Gasteiger partial charge on any atom is -0.390 e. The van der Waals surface area contributed by atoms with E-state index in [1.807, 2.05) is 27.7 Å². The van der Waals surface area contributed by atoms with Crippen LogP contribution in [0, 0.1) is 23.7 Å². The summed E-state index contributed by atoms with van der Waals surface area (Å²) in [7, 11) is 3.38. The molecule has 146 valence electrons. The molecule has 1 unspecified atom stereocenters. The third-order valence-electron chi connectivity index (χ3n) is 5.88. The Labute approximate surface area is 152 Å². The Balaban J connectivity index is 3.09. The highest BCUT2D eigenvalue weighted by Gasteiger charge is 2.40. The summed E-state index contributed by atoms with van der Waals surface area (Å²) in [6, 6.07) is 0. The molecule has 2 N–H and O–H groups in total. The zero-order chi connectivity index (χ0) is 19.4. The normalized spacial score (nSPS) is 39.7. The van der Waals surface area contributed by atoms with E-state index in [1.165, 1.54) is 0 Å². The fraction of sp³-hybridized carbons (Fsp3) is 0.895. The molecule has 1 saturated heterocycles. The highest BCUT2D eigenvalue weighted by atomic mass is 16.5. The van der Waals surface area contributed by atoms with E-state index in [0.717, 1.165) is 0 Å². The van der Waals surface area contributed by atoms with Crippen LogP contribution in [0.1, 0.15) is 47.5 Å². The molecule has 1 rings (SSSR count). The number of ether oxygens (including phenoxy) is 1. The van der Waals surface area contributed by atoms with Crippen molar-refractivity contribution in [3.63, 3.8) is 0 Å². The summed E-state index contributed by atoms with van der Waals surface area (Å²) in [5, 5.41) is 13.9. The molecule has 1 fully saturated rings. The first-order chi connectivity index (χ1) is 11.5. The molecule has 6 heteroatoms. The third-order valence-corrected chi connectivity index (χ3v) is 5.88. The van der Waals surface area contributed by atoms with Crippen molar-refractivity contribution in [1.82, 2.24) is 10.2 Å². The van der Waals surface area contributed by atoms with Gasteiger partial charge in [-0.25, -0.2) is 0 Å². The second kappa shape index (κ2) is 8.99. The van der Waals surface area contributed by atoms with Crippen LogP contribution in [0.25, 0.3) is 0 Å². The van der Waals surface area contributed by atoms with E-state index in [-0.39, 0.29) is 48.0 Å². The zero-order valence-electron chi connectivity index (χ0n) is 16.8. The van der Waals surface area contributed by atoms with Crippen molar-refractivity contribution in [2.75, 3.05) is 27.2 Å². The van der Waals surface area contributed by atoms with Crippen LogP contribution in [0.4, 0.5) is 0 Å². The van der Waals surface area contributed by atoms with E-state index in [1.54, 1.807) is 19.1 Å². The van der Waals surface area contributed by atoms with Gasteiger partial charge in [0, 0.05) is 33.7 Å². The SMILES string of the molecule is CO[C@@H]1C(C)C(=O)NCCC(=O)N(C)C[C@H](C)C[C@@](C)(O)[C@H](C)[C@H]1C. The van der Waals surface area contributed by atoms with Crippen molar-refractivity contribution in [1.29, 1.82) is 0 Å². The standard InChI is InChI=1S/C19H36N2O4/c1-12-10-19(5,24)15(4)13(2)17(25-7)14(3)18(23)20-9-8-16(22)21(6)11-12/h12-15,17,24H,8-11H2,1-7H3,(H,20,23)/t12-,13-,14?,15-,17+,19-/m1/s1. The fourth-order valence-electron chi connectivity index (χ4n) is 4.04. The molecule has 1 heterocycles. The minimum absolute atomic E-state index is 0.00112. The van der Waals surface area contributed by atoms with Gasteiger partial charge in [0.1, 0.15) is 0 Å². The van der Waals surface area contributed by atoms with Crippen LogP contribution < -0.4 is 5.32 Å².